The van der Waals surface area contributed by atoms with Crippen LogP contribution in [0.25, 0.3) is 10.8 Å². The summed E-state index contributed by atoms with van der Waals surface area (Å²) in [5, 5.41) is 8.39. The topological polar surface area (TPSA) is 79.8 Å². The molecule has 0 aliphatic rings. The Labute approximate surface area is 191 Å². The largest absolute Gasteiger partial charge is 0.489 e. The molecule has 0 saturated carbocycles. The molecule has 0 aliphatic carbocycles. The van der Waals surface area contributed by atoms with Gasteiger partial charge in [0, 0.05) is 5.56 Å². The molecule has 0 unspecified atom stereocenters. The van der Waals surface area contributed by atoms with Crippen molar-refractivity contribution in [1.82, 2.24) is 10.7 Å². The van der Waals surface area contributed by atoms with Crippen molar-refractivity contribution in [2.24, 2.45) is 5.10 Å². The summed E-state index contributed by atoms with van der Waals surface area (Å²) in [6.45, 7) is 0.320. The Morgan fingerprint density at radius 3 is 2.36 bits per heavy atom. The first-order valence-corrected chi connectivity index (χ1v) is 10.5. The Kier molecular flexibility index (Phi) is 7.08. The highest BCUT2D eigenvalue weighted by Gasteiger charge is 2.10. The van der Waals surface area contributed by atoms with Gasteiger partial charge in [0.1, 0.15) is 12.4 Å². The summed E-state index contributed by atoms with van der Waals surface area (Å²) in [5.74, 6) is 0.0239. The molecule has 4 aromatic carbocycles. The van der Waals surface area contributed by atoms with Crippen molar-refractivity contribution in [3.8, 4) is 5.75 Å². The van der Waals surface area contributed by atoms with E-state index in [1.54, 1.807) is 6.07 Å². The maximum Gasteiger partial charge on any atom is 0.259 e. The van der Waals surface area contributed by atoms with Gasteiger partial charge >= 0.3 is 0 Å². The van der Waals surface area contributed by atoms with Crippen LogP contribution in [0.15, 0.2) is 102 Å². The number of hydrazone groups is 1. The van der Waals surface area contributed by atoms with Gasteiger partial charge in [0.05, 0.1) is 12.8 Å². The van der Waals surface area contributed by atoms with E-state index in [4.69, 9.17) is 4.74 Å². The molecular formula is C27H23N3O3. The molecule has 33 heavy (non-hydrogen) atoms. The predicted octanol–water partition coefficient (Wildman–Crippen LogP) is 4.30. The van der Waals surface area contributed by atoms with E-state index in [0.29, 0.717) is 12.2 Å². The van der Waals surface area contributed by atoms with Gasteiger partial charge in [0.15, 0.2) is 0 Å². The highest BCUT2D eigenvalue weighted by atomic mass is 16.5. The number of rotatable bonds is 8. The Morgan fingerprint density at radius 1 is 0.818 bits per heavy atom. The lowest BCUT2D eigenvalue weighted by atomic mass is 10.0. The molecule has 6 nitrogen and oxygen atoms in total. The third-order valence-electron chi connectivity index (χ3n) is 4.98. The summed E-state index contributed by atoms with van der Waals surface area (Å²) in [6.07, 6.45) is 1.53. The number of benzene rings is 4. The van der Waals surface area contributed by atoms with E-state index < -0.39 is 5.91 Å². The molecule has 0 radical (unpaired) electrons. The minimum atomic E-state index is -0.414. The van der Waals surface area contributed by atoms with Gasteiger partial charge in [0.2, 0.25) is 0 Å². The average molecular weight is 437 g/mol. The van der Waals surface area contributed by atoms with Crippen LogP contribution in [0.3, 0.4) is 0 Å². The minimum absolute atomic E-state index is 0.175. The molecule has 6 heteroatoms. The van der Waals surface area contributed by atoms with E-state index >= 15 is 0 Å². The molecule has 164 valence electrons. The van der Waals surface area contributed by atoms with Crippen molar-refractivity contribution in [3.05, 3.63) is 114 Å². The summed E-state index contributed by atoms with van der Waals surface area (Å²) in [5.41, 5.74) is 4.85. The molecule has 0 atom stereocenters. The van der Waals surface area contributed by atoms with Crippen LogP contribution in [-0.2, 0) is 11.4 Å². The number of nitrogens with one attached hydrogen (secondary N) is 2. The predicted molar refractivity (Wildman–Crippen MR) is 129 cm³/mol. The SMILES string of the molecule is O=C(CNC(=O)c1cccc2ccccc12)N/N=C/c1ccc(OCc2ccccc2)cc1. The van der Waals surface area contributed by atoms with Crippen molar-refractivity contribution in [3.63, 3.8) is 0 Å². The van der Waals surface area contributed by atoms with Gasteiger partial charge in [-0.05, 0) is 52.2 Å². The van der Waals surface area contributed by atoms with Crippen LogP contribution in [0.4, 0.5) is 0 Å². The van der Waals surface area contributed by atoms with Crippen LogP contribution in [0.5, 0.6) is 5.75 Å². The second-order valence-electron chi connectivity index (χ2n) is 7.35. The van der Waals surface area contributed by atoms with Gasteiger partial charge < -0.3 is 10.1 Å². The quantitative estimate of drug-likeness (QED) is 0.319. The molecule has 0 aliphatic heterocycles. The maximum absolute atomic E-state index is 12.5. The van der Waals surface area contributed by atoms with Gasteiger partial charge in [0.25, 0.3) is 11.8 Å². The monoisotopic (exact) mass is 437 g/mol. The summed E-state index contributed by atoms with van der Waals surface area (Å²) in [7, 11) is 0. The highest BCUT2D eigenvalue weighted by Crippen LogP contribution is 2.18. The molecule has 0 bridgehead atoms. The number of fused-ring (bicyclic) bond motifs is 1. The molecule has 0 aromatic heterocycles. The van der Waals surface area contributed by atoms with E-state index in [1.165, 1.54) is 6.21 Å². The van der Waals surface area contributed by atoms with E-state index in [2.05, 4.69) is 15.8 Å². The van der Waals surface area contributed by atoms with Gasteiger partial charge in [-0.15, -0.1) is 0 Å². The Balaban J connectivity index is 1.24. The van der Waals surface area contributed by atoms with E-state index in [-0.39, 0.29) is 12.5 Å². The van der Waals surface area contributed by atoms with Crippen molar-refractivity contribution in [2.45, 2.75) is 6.61 Å². The first kappa shape index (κ1) is 21.8. The zero-order valence-electron chi connectivity index (χ0n) is 17.9. The summed E-state index contributed by atoms with van der Waals surface area (Å²) in [4.78, 5) is 24.5. The third-order valence-corrected chi connectivity index (χ3v) is 4.98. The van der Waals surface area contributed by atoms with E-state index in [0.717, 1.165) is 27.6 Å². The van der Waals surface area contributed by atoms with Gasteiger partial charge in [-0.3, -0.25) is 9.59 Å². The molecule has 4 aromatic rings. The van der Waals surface area contributed by atoms with Crippen LogP contribution in [0, 0.1) is 0 Å². The number of amides is 2. The number of hydrogen-bond acceptors (Lipinski definition) is 4. The molecule has 4 rings (SSSR count). The fourth-order valence-electron chi connectivity index (χ4n) is 3.29. The summed E-state index contributed by atoms with van der Waals surface area (Å²) < 4.78 is 5.75. The Morgan fingerprint density at radius 2 is 1.55 bits per heavy atom. The molecule has 0 saturated heterocycles. The van der Waals surface area contributed by atoms with Crippen LogP contribution in [0.2, 0.25) is 0 Å². The standard InChI is InChI=1S/C27H23N3O3/c31-26(18-28-27(32)25-12-6-10-22-9-4-5-11-24(22)25)30-29-17-20-13-15-23(16-14-20)33-19-21-7-2-1-3-8-21/h1-17H,18-19H2,(H,28,32)(H,30,31)/b29-17+. The Bertz CT molecular complexity index is 1260. The molecule has 2 amide bonds. The Hall–Kier alpha value is -4.45. The lowest BCUT2D eigenvalue weighted by molar-refractivity contribution is -0.120. The highest BCUT2D eigenvalue weighted by molar-refractivity contribution is 6.07. The fraction of sp³-hybridized carbons (Fsp3) is 0.0741. The van der Waals surface area contributed by atoms with Crippen LogP contribution >= 0.6 is 0 Å². The van der Waals surface area contributed by atoms with Gasteiger partial charge in [-0.1, -0.05) is 66.7 Å². The third kappa shape index (κ3) is 6.04. The van der Waals surface area contributed by atoms with Crippen molar-refractivity contribution >= 4 is 28.8 Å². The van der Waals surface area contributed by atoms with Crippen molar-refractivity contribution in [1.29, 1.82) is 0 Å². The molecular weight excluding hydrogens is 414 g/mol. The molecule has 0 heterocycles. The van der Waals surface area contributed by atoms with E-state index in [1.807, 2.05) is 91.0 Å². The summed E-state index contributed by atoms with van der Waals surface area (Å²) in [6, 6.07) is 30.4. The maximum atomic E-state index is 12.5. The van der Waals surface area contributed by atoms with Gasteiger partial charge in [-0.2, -0.15) is 5.10 Å². The molecule has 2 N–H and O–H groups in total. The number of nitrogens with zero attached hydrogens (tertiary/aromatic N) is 1. The fourth-order valence-corrected chi connectivity index (χ4v) is 3.29. The van der Waals surface area contributed by atoms with Gasteiger partial charge in [-0.25, -0.2) is 5.43 Å². The lowest BCUT2D eigenvalue weighted by Crippen LogP contribution is -2.35. The normalized spacial score (nSPS) is 10.8. The second-order valence-corrected chi connectivity index (χ2v) is 7.35. The zero-order valence-corrected chi connectivity index (χ0v) is 17.9. The second kappa shape index (κ2) is 10.7. The molecule has 0 spiro atoms. The molecule has 0 fully saturated rings. The first-order valence-electron chi connectivity index (χ1n) is 10.5. The smallest absolute Gasteiger partial charge is 0.259 e. The first-order chi connectivity index (χ1) is 16.2. The average Bonchev–Trinajstić information content (AvgIpc) is 2.87. The number of carbonyl (C=O) groups excluding carboxylic acids is 2. The van der Waals surface area contributed by atoms with Crippen LogP contribution < -0.4 is 15.5 Å². The minimum Gasteiger partial charge on any atom is -0.489 e. The lowest BCUT2D eigenvalue weighted by Gasteiger charge is -2.07. The zero-order chi connectivity index (χ0) is 22.9. The number of hydrogen-bond donors (Lipinski definition) is 2. The van der Waals surface area contributed by atoms with Crippen LogP contribution in [0.1, 0.15) is 21.5 Å². The van der Waals surface area contributed by atoms with E-state index in [9.17, 15) is 9.59 Å². The van der Waals surface area contributed by atoms with Crippen molar-refractivity contribution in [2.75, 3.05) is 6.54 Å². The number of carbonyl (C=O) groups is 2. The number of ether oxygens (including phenoxy) is 1. The van der Waals surface area contributed by atoms with Crippen molar-refractivity contribution < 1.29 is 14.3 Å². The summed E-state index contributed by atoms with van der Waals surface area (Å²) >= 11 is 0. The van der Waals surface area contributed by atoms with Crippen LogP contribution in [-0.4, -0.2) is 24.6 Å².